The molecule has 1 aromatic rings. The highest BCUT2D eigenvalue weighted by molar-refractivity contribution is 9.09. The molecular weight excluding hydrogens is 272 g/mol. The van der Waals surface area contributed by atoms with Gasteiger partial charge in [0.15, 0.2) is 0 Å². The Hall–Kier alpha value is -1.42. The molecule has 0 aliphatic rings. The van der Waals surface area contributed by atoms with Crippen LogP contribution in [0.4, 0.5) is 0 Å². The molecule has 84 valence electrons. The fraction of sp³-hybridized carbons (Fsp3) is 0.167. The van der Waals surface area contributed by atoms with Crippen molar-refractivity contribution in [1.82, 2.24) is 0 Å². The van der Waals surface area contributed by atoms with Gasteiger partial charge in [0.2, 0.25) is 0 Å². The van der Waals surface area contributed by atoms with Crippen molar-refractivity contribution in [2.45, 2.75) is 11.8 Å². The molecule has 0 aliphatic heterocycles. The fourth-order valence-corrected chi connectivity index (χ4v) is 1.69. The van der Waals surface area contributed by atoms with Crippen molar-refractivity contribution in [3.05, 3.63) is 41.5 Å². The smallest absolute Gasteiger partial charge is 0.328 e. The van der Waals surface area contributed by atoms with Crippen LogP contribution in [0.25, 0.3) is 6.08 Å². The number of benzene rings is 1. The summed E-state index contributed by atoms with van der Waals surface area (Å²) < 4.78 is 0. The summed E-state index contributed by atoms with van der Waals surface area (Å²) in [5.41, 5.74) is 1.49. The standard InChI is InChI=1S/C12H11BrO3/c1-8(14)12(13)10-5-3-2-4-9(10)6-7-11(15)16/h2-7,12H,1H3,(H,15,16)/b7-6+. The van der Waals surface area contributed by atoms with Crippen molar-refractivity contribution in [1.29, 1.82) is 0 Å². The van der Waals surface area contributed by atoms with Crippen LogP contribution >= 0.6 is 15.9 Å². The molecule has 0 saturated carbocycles. The highest BCUT2D eigenvalue weighted by Crippen LogP contribution is 2.27. The van der Waals surface area contributed by atoms with Crippen molar-refractivity contribution in [2.75, 3.05) is 0 Å². The van der Waals surface area contributed by atoms with Gasteiger partial charge in [0.05, 0.1) is 4.83 Å². The monoisotopic (exact) mass is 282 g/mol. The number of ketones is 1. The predicted octanol–water partition coefficient (Wildman–Crippen LogP) is 2.81. The minimum absolute atomic E-state index is 0.0174. The summed E-state index contributed by atoms with van der Waals surface area (Å²) >= 11 is 3.28. The van der Waals surface area contributed by atoms with E-state index in [0.717, 1.165) is 17.2 Å². The molecule has 3 nitrogen and oxygen atoms in total. The molecule has 0 amide bonds. The Labute approximate surface area is 102 Å². The second-order valence-corrected chi connectivity index (χ2v) is 4.19. The number of carbonyl (C=O) groups excluding carboxylic acids is 1. The zero-order valence-corrected chi connectivity index (χ0v) is 10.3. The second-order valence-electron chi connectivity index (χ2n) is 3.27. The van der Waals surface area contributed by atoms with Crippen molar-refractivity contribution in [3.8, 4) is 0 Å². The molecule has 0 radical (unpaired) electrons. The van der Waals surface area contributed by atoms with Crippen LogP contribution in [0.1, 0.15) is 22.9 Å². The number of alkyl halides is 1. The van der Waals surface area contributed by atoms with Crippen LogP contribution in [-0.4, -0.2) is 16.9 Å². The molecule has 0 spiro atoms. The molecule has 4 heteroatoms. The van der Waals surface area contributed by atoms with Crippen LogP contribution in [0.2, 0.25) is 0 Å². The molecule has 0 bridgehead atoms. The van der Waals surface area contributed by atoms with E-state index >= 15 is 0 Å². The number of carboxylic acid groups (broad SMARTS) is 1. The lowest BCUT2D eigenvalue weighted by Crippen LogP contribution is -2.02. The molecule has 0 heterocycles. The summed E-state index contributed by atoms with van der Waals surface area (Å²) in [5, 5.41) is 8.55. The third-order valence-electron chi connectivity index (χ3n) is 2.03. The second kappa shape index (κ2) is 5.61. The first kappa shape index (κ1) is 12.6. The number of carboxylic acids is 1. The first-order chi connectivity index (χ1) is 7.52. The number of hydrogen-bond donors (Lipinski definition) is 1. The van der Waals surface area contributed by atoms with E-state index in [-0.39, 0.29) is 5.78 Å². The van der Waals surface area contributed by atoms with E-state index in [4.69, 9.17) is 5.11 Å². The summed E-state index contributed by atoms with van der Waals surface area (Å²) in [6.07, 6.45) is 2.54. The van der Waals surface area contributed by atoms with Gasteiger partial charge < -0.3 is 5.11 Å². The number of aliphatic carboxylic acids is 1. The quantitative estimate of drug-likeness (QED) is 0.683. The summed E-state index contributed by atoms with van der Waals surface area (Å²) in [6, 6.07) is 7.17. The maximum atomic E-state index is 11.2. The molecular formula is C12H11BrO3. The van der Waals surface area contributed by atoms with Gasteiger partial charge in [-0.05, 0) is 24.1 Å². The average molecular weight is 283 g/mol. The number of carbonyl (C=O) groups is 2. The average Bonchev–Trinajstić information content (AvgIpc) is 2.25. The third kappa shape index (κ3) is 3.31. The topological polar surface area (TPSA) is 54.4 Å². The van der Waals surface area contributed by atoms with Crippen molar-refractivity contribution in [3.63, 3.8) is 0 Å². The Balaban J connectivity index is 3.10. The summed E-state index contributed by atoms with van der Waals surface area (Å²) in [7, 11) is 0. The molecule has 0 aliphatic carbocycles. The minimum atomic E-state index is -1.01. The molecule has 0 fully saturated rings. The zero-order valence-electron chi connectivity index (χ0n) is 8.68. The van der Waals surface area contributed by atoms with Crippen LogP contribution in [-0.2, 0) is 9.59 Å². The SMILES string of the molecule is CC(=O)C(Br)c1ccccc1/C=C/C(=O)O. The number of halogens is 1. The highest BCUT2D eigenvalue weighted by atomic mass is 79.9. The van der Waals surface area contributed by atoms with E-state index in [1.165, 1.54) is 13.0 Å². The first-order valence-corrected chi connectivity index (χ1v) is 5.58. The first-order valence-electron chi connectivity index (χ1n) is 4.67. The van der Waals surface area contributed by atoms with E-state index in [1.54, 1.807) is 18.2 Å². The summed E-state index contributed by atoms with van der Waals surface area (Å²) in [4.78, 5) is 21.3. The Morgan fingerprint density at radius 3 is 2.56 bits per heavy atom. The predicted molar refractivity (Wildman–Crippen MR) is 65.5 cm³/mol. The molecule has 1 N–H and O–H groups in total. The molecule has 1 aromatic carbocycles. The van der Waals surface area contributed by atoms with Gasteiger partial charge in [0.1, 0.15) is 5.78 Å². The fourth-order valence-electron chi connectivity index (χ4n) is 1.27. The van der Waals surface area contributed by atoms with E-state index < -0.39 is 10.8 Å². The van der Waals surface area contributed by atoms with Crippen LogP contribution < -0.4 is 0 Å². The maximum Gasteiger partial charge on any atom is 0.328 e. The van der Waals surface area contributed by atoms with Gasteiger partial charge in [0.25, 0.3) is 0 Å². The largest absolute Gasteiger partial charge is 0.478 e. The van der Waals surface area contributed by atoms with Gasteiger partial charge >= 0.3 is 5.97 Å². The van der Waals surface area contributed by atoms with Crippen molar-refractivity contribution in [2.24, 2.45) is 0 Å². The van der Waals surface area contributed by atoms with Gasteiger partial charge in [-0.25, -0.2) is 4.79 Å². The van der Waals surface area contributed by atoms with E-state index in [1.807, 2.05) is 6.07 Å². The van der Waals surface area contributed by atoms with E-state index in [9.17, 15) is 9.59 Å². The molecule has 1 unspecified atom stereocenters. The lowest BCUT2D eigenvalue weighted by molar-refractivity contribution is -0.131. The van der Waals surface area contributed by atoms with Crippen LogP contribution in [0.15, 0.2) is 30.3 Å². The van der Waals surface area contributed by atoms with Crippen molar-refractivity contribution >= 4 is 33.8 Å². The van der Waals surface area contributed by atoms with Gasteiger partial charge in [0, 0.05) is 6.08 Å². The lowest BCUT2D eigenvalue weighted by atomic mass is 10.0. The van der Waals surface area contributed by atoms with Gasteiger partial charge in [-0.15, -0.1) is 0 Å². The van der Waals surface area contributed by atoms with E-state index in [2.05, 4.69) is 15.9 Å². The van der Waals surface area contributed by atoms with Gasteiger partial charge in [-0.3, -0.25) is 4.79 Å². The van der Waals surface area contributed by atoms with E-state index in [0.29, 0.717) is 0 Å². The Morgan fingerprint density at radius 2 is 2.00 bits per heavy atom. The maximum absolute atomic E-state index is 11.2. The van der Waals surface area contributed by atoms with Crippen LogP contribution in [0.3, 0.4) is 0 Å². The Kier molecular flexibility index (Phi) is 4.43. The summed E-state index contributed by atoms with van der Waals surface area (Å²) in [6.45, 7) is 1.48. The normalized spacial score (nSPS) is 12.6. The van der Waals surface area contributed by atoms with Gasteiger partial charge in [-0.1, -0.05) is 40.2 Å². The Bertz CT molecular complexity index is 438. The molecule has 1 atom stereocenters. The highest BCUT2D eigenvalue weighted by Gasteiger charge is 2.14. The van der Waals surface area contributed by atoms with Crippen LogP contribution in [0, 0.1) is 0 Å². The zero-order chi connectivity index (χ0) is 12.1. The Morgan fingerprint density at radius 1 is 1.38 bits per heavy atom. The van der Waals surface area contributed by atoms with Gasteiger partial charge in [-0.2, -0.15) is 0 Å². The lowest BCUT2D eigenvalue weighted by Gasteiger charge is -2.09. The van der Waals surface area contributed by atoms with Crippen LogP contribution in [0.5, 0.6) is 0 Å². The molecule has 16 heavy (non-hydrogen) atoms. The molecule has 1 rings (SSSR count). The third-order valence-corrected chi connectivity index (χ3v) is 3.17. The number of rotatable bonds is 4. The molecule has 0 saturated heterocycles. The summed E-state index contributed by atoms with van der Waals surface area (Å²) in [5.74, 6) is -1.03. The van der Waals surface area contributed by atoms with Crippen molar-refractivity contribution < 1.29 is 14.7 Å². The number of Topliss-reactive ketones (excluding diaryl/α,β-unsaturated/α-hetero) is 1. The molecule has 0 aromatic heterocycles. The minimum Gasteiger partial charge on any atom is -0.478 e. The number of hydrogen-bond acceptors (Lipinski definition) is 2.